The average Bonchev–Trinajstić information content (AvgIpc) is 3.21. The third kappa shape index (κ3) is 2.77. The average molecular weight is 319 g/mol. The van der Waals surface area contributed by atoms with Gasteiger partial charge < -0.3 is 5.32 Å². The maximum absolute atomic E-state index is 4.13. The summed E-state index contributed by atoms with van der Waals surface area (Å²) in [7, 11) is 0. The number of tetrazole rings is 1. The van der Waals surface area contributed by atoms with Crippen LogP contribution in [-0.4, -0.2) is 20.2 Å². The highest BCUT2D eigenvalue weighted by Crippen LogP contribution is 2.37. The van der Waals surface area contributed by atoms with Gasteiger partial charge in [-0.1, -0.05) is 43.7 Å². The molecular weight excluding hydrogens is 298 g/mol. The Morgan fingerprint density at radius 1 is 1.08 bits per heavy atom. The van der Waals surface area contributed by atoms with Gasteiger partial charge in [-0.15, -0.1) is 5.10 Å². The first-order chi connectivity index (χ1) is 11.8. The maximum atomic E-state index is 4.13. The molecule has 1 aromatic heterocycles. The minimum Gasteiger partial charge on any atom is -0.378 e. The van der Waals surface area contributed by atoms with E-state index in [1.54, 1.807) is 0 Å². The molecule has 5 heteroatoms. The number of rotatable bonds is 6. The van der Waals surface area contributed by atoms with Gasteiger partial charge in [-0.05, 0) is 57.7 Å². The van der Waals surface area contributed by atoms with Gasteiger partial charge in [0.2, 0.25) is 0 Å². The molecule has 0 unspecified atom stereocenters. The minimum absolute atomic E-state index is 0.641. The summed E-state index contributed by atoms with van der Waals surface area (Å²) in [5.41, 5.74) is 6.62. The monoisotopic (exact) mass is 319 g/mol. The molecule has 0 saturated heterocycles. The van der Waals surface area contributed by atoms with Crippen molar-refractivity contribution in [1.29, 1.82) is 0 Å². The van der Waals surface area contributed by atoms with Crippen molar-refractivity contribution < 1.29 is 0 Å². The second-order valence-electron chi connectivity index (χ2n) is 6.23. The summed E-state index contributed by atoms with van der Waals surface area (Å²) >= 11 is 0. The highest BCUT2D eigenvalue weighted by molar-refractivity contribution is 5.78. The van der Waals surface area contributed by atoms with Crippen molar-refractivity contribution in [3.05, 3.63) is 59.4 Å². The molecule has 1 N–H and O–H groups in total. The molecule has 1 aliphatic rings. The van der Waals surface area contributed by atoms with Crippen LogP contribution < -0.4 is 5.32 Å². The van der Waals surface area contributed by atoms with Crippen molar-refractivity contribution in [2.45, 2.75) is 39.3 Å². The van der Waals surface area contributed by atoms with Crippen LogP contribution in [0.15, 0.2) is 42.5 Å². The van der Waals surface area contributed by atoms with Gasteiger partial charge in [0.25, 0.3) is 0 Å². The minimum atomic E-state index is 0.641. The molecule has 4 rings (SSSR count). The lowest BCUT2D eigenvalue weighted by molar-refractivity contribution is 0.535. The molecule has 0 bridgehead atoms. The number of aromatic nitrogens is 4. The van der Waals surface area contributed by atoms with E-state index in [9.17, 15) is 0 Å². The lowest BCUT2D eigenvalue weighted by Gasteiger charge is -2.09. The van der Waals surface area contributed by atoms with Gasteiger partial charge in [-0.25, -0.2) is 4.68 Å². The first-order valence-electron chi connectivity index (χ1n) is 8.55. The predicted octanol–water partition coefficient (Wildman–Crippen LogP) is 3.66. The molecule has 1 aliphatic carbocycles. The summed E-state index contributed by atoms with van der Waals surface area (Å²) < 4.78 is 1.89. The molecule has 5 nitrogen and oxygen atoms in total. The number of benzene rings is 2. The molecule has 1 heterocycles. The number of hydrogen-bond donors (Lipinski definition) is 1. The van der Waals surface area contributed by atoms with Crippen LogP contribution in [0.25, 0.3) is 11.1 Å². The van der Waals surface area contributed by atoms with Crippen molar-refractivity contribution in [1.82, 2.24) is 20.2 Å². The zero-order valence-corrected chi connectivity index (χ0v) is 13.9. The number of aryl methyl sites for hydroxylation is 1. The van der Waals surface area contributed by atoms with Gasteiger partial charge in [0, 0.05) is 12.2 Å². The summed E-state index contributed by atoms with van der Waals surface area (Å²) in [6, 6.07) is 15.2. The van der Waals surface area contributed by atoms with E-state index in [0.29, 0.717) is 6.54 Å². The fourth-order valence-corrected chi connectivity index (χ4v) is 3.27. The first-order valence-corrected chi connectivity index (χ1v) is 8.55. The standard InChI is InChI=1S/C19H21N5/c1-2-3-10-24-19(21-22-23-24)13-20-16-8-9-18-15(12-16)11-14-6-4-5-7-17(14)18/h4-9,12,20H,2-3,10-11,13H2,1H3. The van der Waals surface area contributed by atoms with E-state index in [2.05, 4.69) is 70.2 Å². The Hall–Kier alpha value is -2.69. The number of fused-ring (bicyclic) bond motifs is 3. The van der Waals surface area contributed by atoms with Crippen LogP contribution in [-0.2, 0) is 19.5 Å². The van der Waals surface area contributed by atoms with Gasteiger partial charge in [-0.2, -0.15) is 0 Å². The smallest absolute Gasteiger partial charge is 0.170 e. The zero-order valence-electron chi connectivity index (χ0n) is 13.9. The van der Waals surface area contributed by atoms with Crippen LogP contribution in [0.3, 0.4) is 0 Å². The van der Waals surface area contributed by atoms with E-state index in [4.69, 9.17) is 0 Å². The fraction of sp³-hybridized carbons (Fsp3) is 0.316. The molecule has 0 aliphatic heterocycles. The second-order valence-corrected chi connectivity index (χ2v) is 6.23. The van der Waals surface area contributed by atoms with E-state index in [1.807, 2.05) is 4.68 Å². The van der Waals surface area contributed by atoms with Crippen LogP contribution in [0, 0.1) is 0 Å². The number of anilines is 1. The van der Waals surface area contributed by atoms with Gasteiger partial charge in [-0.3, -0.25) is 0 Å². The van der Waals surface area contributed by atoms with E-state index >= 15 is 0 Å². The van der Waals surface area contributed by atoms with Crippen molar-refractivity contribution >= 4 is 5.69 Å². The molecule has 122 valence electrons. The number of nitrogens with one attached hydrogen (secondary N) is 1. The van der Waals surface area contributed by atoms with Gasteiger partial charge in [0.05, 0.1) is 6.54 Å². The highest BCUT2D eigenvalue weighted by Gasteiger charge is 2.17. The molecule has 0 atom stereocenters. The summed E-state index contributed by atoms with van der Waals surface area (Å²) in [6.07, 6.45) is 3.24. The predicted molar refractivity (Wildman–Crippen MR) is 94.7 cm³/mol. The molecule has 0 radical (unpaired) electrons. The van der Waals surface area contributed by atoms with Crippen LogP contribution in [0.5, 0.6) is 0 Å². The number of nitrogens with zero attached hydrogens (tertiary/aromatic N) is 4. The van der Waals surface area contributed by atoms with E-state index in [1.165, 1.54) is 22.3 Å². The largest absolute Gasteiger partial charge is 0.378 e. The third-order valence-electron chi connectivity index (χ3n) is 4.57. The van der Waals surface area contributed by atoms with E-state index in [-0.39, 0.29) is 0 Å². The van der Waals surface area contributed by atoms with Crippen molar-refractivity contribution in [3.8, 4) is 11.1 Å². The van der Waals surface area contributed by atoms with Crippen LogP contribution in [0.1, 0.15) is 36.7 Å². The molecule has 2 aromatic carbocycles. The van der Waals surface area contributed by atoms with Crippen LogP contribution in [0.4, 0.5) is 5.69 Å². The molecule has 0 saturated carbocycles. The van der Waals surface area contributed by atoms with Gasteiger partial charge in [0.15, 0.2) is 5.82 Å². The summed E-state index contributed by atoms with van der Waals surface area (Å²) in [4.78, 5) is 0. The summed E-state index contributed by atoms with van der Waals surface area (Å²) in [6.45, 7) is 3.69. The molecule has 0 fully saturated rings. The lowest BCUT2D eigenvalue weighted by Crippen LogP contribution is -2.10. The van der Waals surface area contributed by atoms with Crippen molar-refractivity contribution in [2.24, 2.45) is 0 Å². The third-order valence-corrected chi connectivity index (χ3v) is 4.57. The topological polar surface area (TPSA) is 55.6 Å². The van der Waals surface area contributed by atoms with Crippen LogP contribution in [0.2, 0.25) is 0 Å². The molecule has 24 heavy (non-hydrogen) atoms. The highest BCUT2D eigenvalue weighted by atomic mass is 15.5. The Bertz CT molecular complexity index is 852. The van der Waals surface area contributed by atoms with Crippen molar-refractivity contribution in [2.75, 3.05) is 5.32 Å². The SMILES string of the molecule is CCCCn1nnnc1CNc1ccc2c(c1)Cc1ccccc1-2. The van der Waals surface area contributed by atoms with Crippen LogP contribution >= 0.6 is 0 Å². The first kappa shape index (κ1) is 14.9. The van der Waals surface area contributed by atoms with E-state index < -0.39 is 0 Å². The summed E-state index contributed by atoms with van der Waals surface area (Å²) in [5, 5.41) is 15.4. The summed E-state index contributed by atoms with van der Waals surface area (Å²) in [5.74, 6) is 0.882. The Morgan fingerprint density at radius 2 is 1.96 bits per heavy atom. The molecular formula is C19H21N5. The van der Waals surface area contributed by atoms with E-state index in [0.717, 1.165) is 37.3 Å². The Balaban J connectivity index is 1.48. The lowest BCUT2D eigenvalue weighted by atomic mass is 10.1. The normalized spacial score (nSPS) is 12.0. The molecule has 0 spiro atoms. The second kappa shape index (κ2) is 6.43. The van der Waals surface area contributed by atoms with Crippen molar-refractivity contribution in [3.63, 3.8) is 0 Å². The number of hydrogen-bond acceptors (Lipinski definition) is 4. The number of unbranched alkanes of at least 4 members (excludes halogenated alkanes) is 1. The Morgan fingerprint density at radius 3 is 2.88 bits per heavy atom. The molecule has 3 aromatic rings. The van der Waals surface area contributed by atoms with Gasteiger partial charge >= 0.3 is 0 Å². The molecule has 0 amide bonds. The fourth-order valence-electron chi connectivity index (χ4n) is 3.27. The quantitative estimate of drug-likeness (QED) is 0.589. The zero-order chi connectivity index (χ0) is 16.4. The maximum Gasteiger partial charge on any atom is 0.170 e. The Kier molecular flexibility index (Phi) is 3.99. The Labute approximate surface area is 141 Å². The van der Waals surface area contributed by atoms with Gasteiger partial charge in [0.1, 0.15) is 0 Å².